The number of rotatable bonds is 4. The van der Waals surface area contributed by atoms with Crippen molar-refractivity contribution in [3.8, 4) is 0 Å². The Bertz CT molecular complexity index is 823. The lowest BCUT2D eigenvalue weighted by Gasteiger charge is -2.30. The molecule has 2 aromatic rings. The molecule has 7 heteroatoms. The molecule has 2 aliphatic heterocycles. The third kappa shape index (κ3) is 3.05. The van der Waals surface area contributed by atoms with Gasteiger partial charge in [-0.1, -0.05) is 41.7 Å². The molecule has 0 bridgehead atoms. The zero-order valence-corrected chi connectivity index (χ0v) is 17.1. The summed E-state index contributed by atoms with van der Waals surface area (Å²) >= 11 is 1.60. The number of nitrogens with zero attached hydrogens (tertiary/aromatic N) is 4. The SMILES string of the molecule is Cc1nnc(N2C[C@H](O)[C@@]3(C2)[C@H](CN2CCC(O)CC2)[C@H]3c2ccccc2)s1. The van der Waals surface area contributed by atoms with Crippen LogP contribution in [0, 0.1) is 18.3 Å². The maximum Gasteiger partial charge on any atom is 0.208 e. The molecule has 3 fully saturated rings. The van der Waals surface area contributed by atoms with Crippen LogP contribution < -0.4 is 4.90 Å². The predicted octanol–water partition coefficient (Wildman–Crippen LogP) is 1.88. The number of hydrogen-bond acceptors (Lipinski definition) is 7. The quantitative estimate of drug-likeness (QED) is 0.817. The minimum absolute atomic E-state index is 0.114. The fourth-order valence-corrected chi connectivity index (χ4v) is 6.20. The van der Waals surface area contributed by atoms with Crippen molar-refractivity contribution in [1.82, 2.24) is 15.1 Å². The first-order valence-corrected chi connectivity index (χ1v) is 11.1. The van der Waals surface area contributed by atoms with Gasteiger partial charge in [-0.2, -0.15) is 0 Å². The smallest absolute Gasteiger partial charge is 0.208 e. The maximum atomic E-state index is 11.2. The molecule has 1 aromatic carbocycles. The molecule has 5 rings (SSSR count). The summed E-state index contributed by atoms with van der Waals surface area (Å²) in [6, 6.07) is 10.7. The molecule has 150 valence electrons. The standard InChI is InChI=1S/C21H28N4O2S/c1-14-22-23-20(28-14)25-12-18(27)21(13-25)17(11-24-9-7-16(26)8-10-24)19(21)15-5-3-2-4-6-15/h2-6,16-19,26-27H,7-13H2,1H3/t17-,18+,19-,21-/m1/s1. The van der Waals surface area contributed by atoms with Gasteiger partial charge in [-0.05, 0) is 37.2 Å². The molecule has 0 radical (unpaired) electrons. The summed E-state index contributed by atoms with van der Waals surface area (Å²) in [6.07, 6.45) is 1.20. The van der Waals surface area contributed by atoms with Crippen LogP contribution >= 0.6 is 11.3 Å². The van der Waals surface area contributed by atoms with E-state index in [-0.39, 0.29) is 17.6 Å². The second-order valence-corrected chi connectivity index (χ2v) is 9.80. The van der Waals surface area contributed by atoms with Crippen LogP contribution in [0.1, 0.15) is 29.3 Å². The van der Waals surface area contributed by atoms with Gasteiger partial charge in [0, 0.05) is 38.1 Å². The second kappa shape index (κ2) is 7.06. The molecule has 3 aliphatic rings. The number of likely N-dealkylation sites (tertiary alicyclic amines) is 1. The number of benzene rings is 1. The number of β-amino-alcohol motifs (C(OH)–C–C–N with tert-alkyl or cyclic N) is 1. The first-order chi connectivity index (χ1) is 13.6. The number of aliphatic hydroxyl groups excluding tert-OH is 2. The molecule has 0 unspecified atom stereocenters. The average Bonchev–Trinajstić information content (AvgIpc) is 2.95. The normalized spacial score (nSPS) is 33.7. The molecule has 1 spiro atoms. The molecule has 1 aliphatic carbocycles. The van der Waals surface area contributed by atoms with Crippen molar-refractivity contribution in [2.75, 3.05) is 37.6 Å². The van der Waals surface area contributed by atoms with Crippen LogP contribution in [0.25, 0.3) is 0 Å². The molecule has 2 N–H and O–H groups in total. The zero-order valence-electron chi connectivity index (χ0n) is 16.2. The monoisotopic (exact) mass is 400 g/mol. The summed E-state index contributed by atoms with van der Waals surface area (Å²) in [5.74, 6) is 0.800. The van der Waals surface area contributed by atoms with Gasteiger partial charge in [-0.25, -0.2) is 0 Å². The maximum absolute atomic E-state index is 11.2. The Morgan fingerprint density at radius 3 is 2.57 bits per heavy atom. The van der Waals surface area contributed by atoms with E-state index in [1.807, 2.05) is 6.92 Å². The Kier molecular flexibility index (Phi) is 4.66. The number of anilines is 1. The van der Waals surface area contributed by atoms with E-state index in [2.05, 4.69) is 50.3 Å². The van der Waals surface area contributed by atoms with Crippen LogP contribution in [0.15, 0.2) is 30.3 Å². The average molecular weight is 401 g/mol. The summed E-state index contributed by atoms with van der Waals surface area (Å²) in [5, 5.41) is 31.4. The zero-order chi connectivity index (χ0) is 19.3. The van der Waals surface area contributed by atoms with Gasteiger partial charge >= 0.3 is 0 Å². The van der Waals surface area contributed by atoms with Crippen LogP contribution in [-0.4, -0.2) is 70.2 Å². The van der Waals surface area contributed by atoms with Crippen LogP contribution in [-0.2, 0) is 0 Å². The van der Waals surface area contributed by atoms with Gasteiger partial charge in [0.15, 0.2) is 0 Å². The highest BCUT2D eigenvalue weighted by Crippen LogP contribution is 2.69. The van der Waals surface area contributed by atoms with E-state index in [9.17, 15) is 10.2 Å². The Hall–Kier alpha value is -1.54. The summed E-state index contributed by atoms with van der Waals surface area (Å²) < 4.78 is 0. The number of piperidine rings is 1. The molecule has 28 heavy (non-hydrogen) atoms. The van der Waals surface area contributed by atoms with Crippen molar-refractivity contribution in [2.24, 2.45) is 11.3 Å². The van der Waals surface area contributed by atoms with Gasteiger partial charge in [-0.15, -0.1) is 10.2 Å². The number of aryl methyl sites for hydroxylation is 1. The topological polar surface area (TPSA) is 72.7 Å². The van der Waals surface area contributed by atoms with E-state index in [0.29, 0.717) is 18.4 Å². The Balaban J connectivity index is 1.40. The van der Waals surface area contributed by atoms with Gasteiger partial charge in [-0.3, -0.25) is 0 Å². The lowest BCUT2D eigenvalue weighted by molar-refractivity contribution is 0.0721. The first kappa shape index (κ1) is 18.5. The fraction of sp³-hybridized carbons (Fsp3) is 0.619. The summed E-state index contributed by atoms with van der Waals surface area (Å²) in [7, 11) is 0. The van der Waals surface area contributed by atoms with Crippen LogP contribution in [0.2, 0.25) is 0 Å². The highest BCUT2D eigenvalue weighted by Gasteiger charge is 2.71. The van der Waals surface area contributed by atoms with Crippen molar-refractivity contribution in [1.29, 1.82) is 0 Å². The fourth-order valence-electron chi connectivity index (χ4n) is 5.51. The lowest BCUT2D eigenvalue weighted by atomic mass is 9.95. The van der Waals surface area contributed by atoms with Gasteiger partial charge in [0.2, 0.25) is 5.13 Å². The Labute approximate surface area is 169 Å². The second-order valence-electron chi connectivity index (χ2n) is 8.64. The Morgan fingerprint density at radius 1 is 1.14 bits per heavy atom. The van der Waals surface area contributed by atoms with Gasteiger partial charge in [0.05, 0.1) is 12.2 Å². The summed E-state index contributed by atoms with van der Waals surface area (Å²) in [6.45, 7) is 6.33. The highest BCUT2D eigenvalue weighted by molar-refractivity contribution is 7.15. The molecule has 2 saturated heterocycles. The summed E-state index contributed by atoms with van der Waals surface area (Å²) in [4.78, 5) is 4.71. The molecular formula is C21H28N4O2S. The molecule has 1 aromatic heterocycles. The van der Waals surface area contributed by atoms with Crippen molar-refractivity contribution in [3.05, 3.63) is 40.9 Å². The summed E-state index contributed by atoms with van der Waals surface area (Å²) in [5.41, 5.74) is 1.22. The van der Waals surface area contributed by atoms with E-state index < -0.39 is 0 Å². The van der Waals surface area contributed by atoms with E-state index >= 15 is 0 Å². The minimum atomic E-state index is -0.359. The first-order valence-electron chi connectivity index (χ1n) is 10.3. The van der Waals surface area contributed by atoms with Crippen LogP contribution in [0.4, 0.5) is 5.13 Å². The minimum Gasteiger partial charge on any atom is -0.393 e. The third-order valence-corrected chi connectivity index (χ3v) is 7.90. The lowest BCUT2D eigenvalue weighted by Crippen LogP contribution is -2.38. The van der Waals surface area contributed by atoms with E-state index in [4.69, 9.17) is 0 Å². The van der Waals surface area contributed by atoms with Crippen LogP contribution in [0.5, 0.6) is 0 Å². The molecule has 0 amide bonds. The molecular weight excluding hydrogens is 372 g/mol. The van der Waals surface area contributed by atoms with Crippen molar-refractivity contribution >= 4 is 16.5 Å². The highest BCUT2D eigenvalue weighted by atomic mass is 32.1. The predicted molar refractivity (Wildman–Crippen MR) is 110 cm³/mol. The van der Waals surface area contributed by atoms with Crippen molar-refractivity contribution in [3.63, 3.8) is 0 Å². The Morgan fingerprint density at radius 2 is 1.89 bits per heavy atom. The number of aliphatic hydroxyl groups is 2. The van der Waals surface area contributed by atoms with Crippen molar-refractivity contribution in [2.45, 2.75) is 37.9 Å². The third-order valence-electron chi connectivity index (χ3n) is 7.00. The van der Waals surface area contributed by atoms with Gasteiger partial charge in [0.25, 0.3) is 0 Å². The number of hydrogen-bond donors (Lipinski definition) is 2. The molecule has 1 saturated carbocycles. The molecule has 6 nitrogen and oxygen atoms in total. The van der Waals surface area contributed by atoms with Gasteiger partial charge < -0.3 is 20.0 Å². The van der Waals surface area contributed by atoms with E-state index in [0.717, 1.165) is 49.2 Å². The van der Waals surface area contributed by atoms with E-state index in [1.54, 1.807) is 11.3 Å². The van der Waals surface area contributed by atoms with Gasteiger partial charge in [0.1, 0.15) is 5.01 Å². The largest absolute Gasteiger partial charge is 0.393 e. The van der Waals surface area contributed by atoms with Crippen molar-refractivity contribution < 1.29 is 10.2 Å². The molecule has 4 atom stereocenters. The number of aromatic nitrogens is 2. The van der Waals surface area contributed by atoms with Crippen LogP contribution in [0.3, 0.4) is 0 Å². The van der Waals surface area contributed by atoms with E-state index in [1.165, 1.54) is 5.56 Å². The molecule has 3 heterocycles.